The first kappa shape index (κ1) is 20.0. The van der Waals surface area contributed by atoms with Gasteiger partial charge in [0.05, 0.1) is 28.3 Å². The molecule has 7 nitrogen and oxygen atoms in total. The Bertz CT molecular complexity index is 1080. The molecule has 1 amide bonds. The van der Waals surface area contributed by atoms with E-state index in [1.54, 1.807) is 25.3 Å². The van der Waals surface area contributed by atoms with Crippen molar-refractivity contribution in [1.29, 1.82) is 0 Å². The summed E-state index contributed by atoms with van der Waals surface area (Å²) in [5.41, 5.74) is 3.17. The van der Waals surface area contributed by atoms with Crippen LogP contribution in [0.25, 0.3) is 11.4 Å². The molecule has 0 aliphatic rings. The van der Waals surface area contributed by atoms with Gasteiger partial charge in [-0.15, -0.1) is 11.3 Å². The van der Waals surface area contributed by atoms with Crippen LogP contribution in [0.1, 0.15) is 20.9 Å². The average molecular weight is 417 g/mol. The predicted octanol–water partition coefficient (Wildman–Crippen LogP) is 2.86. The molecule has 2 aromatic heterocycles. The summed E-state index contributed by atoms with van der Waals surface area (Å²) in [6.45, 7) is 2.20. The van der Waals surface area contributed by atoms with Gasteiger partial charge in [-0.05, 0) is 36.8 Å². The number of aromatic nitrogens is 2. The summed E-state index contributed by atoms with van der Waals surface area (Å²) < 4.78 is 25.3. The number of amides is 1. The third kappa shape index (κ3) is 5.37. The van der Waals surface area contributed by atoms with Crippen LogP contribution in [-0.2, 0) is 16.4 Å². The molecule has 28 heavy (non-hydrogen) atoms. The number of sulfonamides is 1. The second kappa shape index (κ2) is 8.49. The van der Waals surface area contributed by atoms with E-state index >= 15 is 0 Å². The van der Waals surface area contributed by atoms with Crippen LogP contribution in [0.15, 0.2) is 48.0 Å². The Morgan fingerprint density at radius 3 is 2.71 bits per heavy atom. The molecule has 2 N–H and O–H groups in total. The number of rotatable bonds is 7. The van der Waals surface area contributed by atoms with E-state index in [0.717, 1.165) is 28.2 Å². The zero-order valence-corrected chi connectivity index (χ0v) is 17.1. The Balaban J connectivity index is 1.59. The number of anilines is 1. The second-order valence-corrected chi connectivity index (χ2v) is 8.94. The van der Waals surface area contributed by atoms with E-state index in [0.29, 0.717) is 24.2 Å². The summed E-state index contributed by atoms with van der Waals surface area (Å²) in [5.74, 6) is -0.266. The highest BCUT2D eigenvalue weighted by molar-refractivity contribution is 7.92. The lowest BCUT2D eigenvalue weighted by atomic mass is 10.1. The van der Waals surface area contributed by atoms with Crippen LogP contribution in [0, 0.1) is 6.92 Å². The van der Waals surface area contributed by atoms with E-state index in [1.807, 2.05) is 23.6 Å². The van der Waals surface area contributed by atoms with Gasteiger partial charge in [-0.2, -0.15) is 0 Å². The Morgan fingerprint density at radius 1 is 1.18 bits per heavy atom. The quantitative estimate of drug-likeness (QED) is 0.617. The third-order valence-corrected chi connectivity index (χ3v) is 5.40. The van der Waals surface area contributed by atoms with Crippen LogP contribution in [0.3, 0.4) is 0 Å². The smallest absolute Gasteiger partial charge is 0.251 e. The van der Waals surface area contributed by atoms with Crippen molar-refractivity contribution in [2.75, 3.05) is 17.5 Å². The van der Waals surface area contributed by atoms with Gasteiger partial charge in [0, 0.05) is 30.1 Å². The van der Waals surface area contributed by atoms with E-state index < -0.39 is 10.0 Å². The molecule has 0 unspecified atom stereocenters. The van der Waals surface area contributed by atoms with Crippen molar-refractivity contribution >= 4 is 33.0 Å². The van der Waals surface area contributed by atoms with Gasteiger partial charge >= 0.3 is 0 Å². The lowest BCUT2D eigenvalue weighted by Gasteiger charge is -2.10. The number of thiazole rings is 1. The molecule has 3 rings (SSSR count). The molecule has 2 heterocycles. The number of hydrogen-bond acceptors (Lipinski definition) is 6. The van der Waals surface area contributed by atoms with Crippen LogP contribution in [-0.4, -0.2) is 37.1 Å². The Hall–Kier alpha value is -2.78. The lowest BCUT2D eigenvalue weighted by molar-refractivity contribution is 0.0954. The molecule has 0 fully saturated rings. The van der Waals surface area contributed by atoms with E-state index in [1.165, 1.54) is 17.4 Å². The van der Waals surface area contributed by atoms with E-state index in [-0.39, 0.29) is 5.91 Å². The molecule has 9 heteroatoms. The maximum absolute atomic E-state index is 12.4. The summed E-state index contributed by atoms with van der Waals surface area (Å²) in [6, 6.07) is 10.6. The van der Waals surface area contributed by atoms with Crippen LogP contribution in [0.2, 0.25) is 0 Å². The molecule has 3 aromatic rings. The minimum atomic E-state index is -3.41. The maximum Gasteiger partial charge on any atom is 0.251 e. The number of hydrogen-bond donors (Lipinski definition) is 2. The van der Waals surface area contributed by atoms with Gasteiger partial charge < -0.3 is 5.32 Å². The van der Waals surface area contributed by atoms with Crippen LogP contribution < -0.4 is 10.0 Å². The van der Waals surface area contributed by atoms with Crippen molar-refractivity contribution < 1.29 is 13.2 Å². The zero-order chi connectivity index (χ0) is 20.1. The molecule has 0 saturated carbocycles. The van der Waals surface area contributed by atoms with Gasteiger partial charge in [0.1, 0.15) is 0 Å². The minimum Gasteiger partial charge on any atom is -0.352 e. The molecular formula is C19H20N4O3S2. The highest BCUT2D eigenvalue weighted by atomic mass is 32.2. The summed E-state index contributed by atoms with van der Waals surface area (Å²) in [6.07, 6.45) is 3.40. The fourth-order valence-electron chi connectivity index (χ4n) is 2.52. The molecule has 0 aliphatic heterocycles. The van der Waals surface area contributed by atoms with Crippen molar-refractivity contribution in [2.24, 2.45) is 0 Å². The molecule has 0 aliphatic carbocycles. The topological polar surface area (TPSA) is 101 Å². The fourth-order valence-corrected chi connectivity index (χ4v) is 3.93. The molecule has 0 spiro atoms. The molecule has 0 saturated heterocycles. The Morgan fingerprint density at radius 2 is 2.00 bits per heavy atom. The van der Waals surface area contributed by atoms with E-state index in [9.17, 15) is 13.2 Å². The van der Waals surface area contributed by atoms with Crippen molar-refractivity contribution in [2.45, 2.75) is 13.3 Å². The number of benzene rings is 1. The number of aryl methyl sites for hydroxylation is 1. The number of carbonyl (C=O) groups excluding carboxylic acids is 1. The molecule has 146 valence electrons. The van der Waals surface area contributed by atoms with E-state index in [2.05, 4.69) is 20.0 Å². The third-order valence-electron chi connectivity index (χ3n) is 3.90. The molecule has 0 bridgehead atoms. The highest BCUT2D eigenvalue weighted by Gasteiger charge is 2.11. The summed E-state index contributed by atoms with van der Waals surface area (Å²) in [4.78, 5) is 21.2. The van der Waals surface area contributed by atoms with E-state index in [4.69, 9.17) is 0 Å². The van der Waals surface area contributed by atoms with Gasteiger partial charge in [0.2, 0.25) is 10.0 Å². The first-order valence-electron chi connectivity index (χ1n) is 8.54. The van der Waals surface area contributed by atoms with Gasteiger partial charge in [-0.3, -0.25) is 14.5 Å². The van der Waals surface area contributed by atoms with Gasteiger partial charge in [-0.1, -0.05) is 12.1 Å². The van der Waals surface area contributed by atoms with Crippen molar-refractivity contribution in [3.63, 3.8) is 0 Å². The highest BCUT2D eigenvalue weighted by Crippen LogP contribution is 2.20. The summed E-state index contributed by atoms with van der Waals surface area (Å²) in [7, 11) is -3.41. The average Bonchev–Trinajstić information content (AvgIpc) is 3.12. The normalized spacial score (nSPS) is 11.2. The first-order valence-corrected chi connectivity index (χ1v) is 11.3. The number of pyridine rings is 1. The van der Waals surface area contributed by atoms with Crippen LogP contribution in [0.4, 0.5) is 5.69 Å². The lowest BCUT2D eigenvalue weighted by Crippen LogP contribution is -2.26. The molecular weight excluding hydrogens is 396 g/mol. The SMILES string of the molecule is Cc1ccc(C(=O)NCCc2nc(-c3ccccn3)cs2)cc1NS(C)(=O)=O. The van der Waals surface area contributed by atoms with Crippen molar-refractivity contribution in [1.82, 2.24) is 15.3 Å². The monoisotopic (exact) mass is 416 g/mol. The number of nitrogens with one attached hydrogen (secondary N) is 2. The van der Waals surface area contributed by atoms with Crippen molar-refractivity contribution in [3.8, 4) is 11.4 Å². The van der Waals surface area contributed by atoms with Gasteiger partial charge in [0.15, 0.2) is 0 Å². The number of nitrogens with zero attached hydrogens (tertiary/aromatic N) is 2. The summed E-state index contributed by atoms with van der Waals surface area (Å²) >= 11 is 1.52. The second-order valence-electron chi connectivity index (χ2n) is 6.25. The van der Waals surface area contributed by atoms with Crippen molar-refractivity contribution in [3.05, 3.63) is 64.1 Å². The molecule has 0 radical (unpaired) electrons. The Labute approximate surface area is 167 Å². The standard InChI is InChI=1S/C19H20N4O3S2/c1-13-6-7-14(11-16(13)23-28(2,25)26)19(24)21-10-8-18-22-17(12-27-18)15-5-3-4-9-20-15/h3-7,9,11-12,23H,8,10H2,1-2H3,(H,21,24). The predicted molar refractivity (Wildman–Crippen MR) is 111 cm³/mol. The van der Waals surface area contributed by atoms with Gasteiger partial charge in [0.25, 0.3) is 5.91 Å². The molecule has 0 atom stereocenters. The maximum atomic E-state index is 12.4. The minimum absolute atomic E-state index is 0.266. The first-order chi connectivity index (χ1) is 13.3. The largest absolute Gasteiger partial charge is 0.352 e. The fraction of sp³-hybridized carbons (Fsp3) is 0.211. The van der Waals surface area contributed by atoms with Crippen LogP contribution in [0.5, 0.6) is 0 Å². The summed E-state index contributed by atoms with van der Waals surface area (Å²) in [5, 5.41) is 5.69. The molecule has 1 aromatic carbocycles. The number of carbonyl (C=O) groups is 1. The van der Waals surface area contributed by atoms with Gasteiger partial charge in [-0.25, -0.2) is 13.4 Å². The Kier molecular flexibility index (Phi) is 6.05. The van der Waals surface area contributed by atoms with Crippen LogP contribution >= 0.6 is 11.3 Å². The zero-order valence-electron chi connectivity index (χ0n) is 15.5.